The summed E-state index contributed by atoms with van der Waals surface area (Å²) in [5.41, 5.74) is 1.74. The third kappa shape index (κ3) is 9.88. The monoisotopic (exact) mass is 364 g/mol. The fraction of sp³-hybridized carbons (Fsp3) is 0.579. The summed E-state index contributed by atoms with van der Waals surface area (Å²) in [5, 5.41) is 9.16. The molecule has 0 aliphatic carbocycles. The van der Waals surface area contributed by atoms with Crippen molar-refractivity contribution in [2.24, 2.45) is 10.9 Å². The van der Waals surface area contributed by atoms with Crippen LogP contribution in [-0.4, -0.2) is 45.5 Å². The highest BCUT2D eigenvalue weighted by Gasteiger charge is 2.01. The van der Waals surface area contributed by atoms with E-state index in [1.165, 1.54) is 7.11 Å². The molecule has 0 spiro atoms. The minimum Gasteiger partial charge on any atom is -0.453 e. The van der Waals surface area contributed by atoms with E-state index in [4.69, 9.17) is 4.74 Å². The summed E-state index contributed by atoms with van der Waals surface area (Å²) in [7, 11) is 1.34. The molecule has 0 aliphatic rings. The second-order valence-corrected chi connectivity index (χ2v) is 6.26. The van der Waals surface area contributed by atoms with Crippen LogP contribution in [0.1, 0.15) is 32.8 Å². The van der Waals surface area contributed by atoms with E-state index in [0.29, 0.717) is 18.2 Å². The lowest BCUT2D eigenvalue weighted by Crippen LogP contribution is -2.38. The molecule has 0 atom stereocenters. The average Bonchev–Trinajstić information content (AvgIpc) is 2.63. The molecule has 0 aliphatic heterocycles. The lowest BCUT2D eigenvalue weighted by Gasteiger charge is -2.12. The third-order valence-electron chi connectivity index (χ3n) is 3.36. The molecule has 146 valence electrons. The van der Waals surface area contributed by atoms with Crippen molar-refractivity contribution >= 4 is 17.7 Å². The van der Waals surface area contributed by atoms with Gasteiger partial charge in [0.05, 0.1) is 13.7 Å². The van der Waals surface area contributed by atoms with Gasteiger partial charge in [0.1, 0.15) is 0 Å². The summed E-state index contributed by atoms with van der Waals surface area (Å²) in [4.78, 5) is 15.7. The van der Waals surface area contributed by atoms with Gasteiger partial charge in [0.15, 0.2) is 5.96 Å². The number of nitrogens with zero attached hydrogens (tertiary/aromatic N) is 1. The lowest BCUT2D eigenvalue weighted by molar-refractivity contribution is 0.108. The van der Waals surface area contributed by atoms with Crippen molar-refractivity contribution in [2.75, 3.05) is 38.7 Å². The zero-order valence-corrected chi connectivity index (χ0v) is 16.3. The molecule has 26 heavy (non-hydrogen) atoms. The van der Waals surface area contributed by atoms with Gasteiger partial charge in [-0.1, -0.05) is 26.0 Å². The van der Waals surface area contributed by atoms with E-state index < -0.39 is 6.09 Å². The summed E-state index contributed by atoms with van der Waals surface area (Å²) in [6, 6.07) is 7.51. The molecule has 1 rings (SSSR count). The Kier molecular flexibility index (Phi) is 10.9. The molecule has 0 saturated carbocycles. The maximum absolute atomic E-state index is 11.2. The number of benzene rings is 1. The van der Waals surface area contributed by atoms with Crippen LogP contribution in [0.25, 0.3) is 0 Å². The molecule has 0 unspecified atom stereocenters. The molecule has 0 saturated heterocycles. The number of carbonyl (C=O) groups is 1. The Bertz CT molecular complexity index is 544. The zero-order chi connectivity index (χ0) is 19.2. The second kappa shape index (κ2) is 13.0. The Hall–Kier alpha value is -2.28. The smallest absolute Gasteiger partial charge is 0.411 e. The number of guanidine groups is 1. The molecular formula is C19H32N4O3. The minimum absolute atomic E-state index is 0.480. The average molecular weight is 364 g/mol. The van der Waals surface area contributed by atoms with Crippen LogP contribution >= 0.6 is 0 Å². The Morgan fingerprint density at radius 3 is 2.54 bits per heavy atom. The van der Waals surface area contributed by atoms with Gasteiger partial charge >= 0.3 is 6.09 Å². The number of aliphatic imine (C=N–C) groups is 1. The second-order valence-electron chi connectivity index (χ2n) is 6.26. The number of nitrogens with one attached hydrogen (secondary N) is 3. The van der Waals surface area contributed by atoms with Crippen molar-refractivity contribution in [3.8, 4) is 0 Å². The standard InChI is InChI=1S/C19H32N4O3/c1-5-20-18(21-11-6-12-26-14-15(2)3)22-13-16-7-9-17(10-8-16)23-19(24)25-4/h7-10,15H,5-6,11-14H2,1-4H3,(H,23,24)(H2,20,21,22). The van der Waals surface area contributed by atoms with Crippen LogP contribution in [0.5, 0.6) is 0 Å². The number of carbonyl (C=O) groups excluding carboxylic acids is 1. The summed E-state index contributed by atoms with van der Waals surface area (Å²) in [5.74, 6) is 1.35. The van der Waals surface area contributed by atoms with Crippen molar-refractivity contribution in [3.63, 3.8) is 0 Å². The molecule has 0 heterocycles. The van der Waals surface area contributed by atoms with Crippen LogP contribution < -0.4 is 16.0 Å². The first-order valence-corrected chi connectivity index (χ1v) is 9.09. The molecular weight excluding hydrogens is 332 g/mol. The van der Waals surface area contributed by atoms with Crippen molar-refractivity contribution in [1.29, 1.82) is 0 Å². The quantitative estimate of drug-likeness (QED) is 0.338. The highest BCUT2D eigenvalue weighted by molar-refractivity contribution is 5.84. The summed E-state index contributed by atoms with van der Waals surface area (Å²) in [6.07, 6.45) is 0.456. The third-order valence-corrected chi connectivity index (χ3v) is 3.36. The molecule has 0 radical (unpaired) electrons. The number of anilines is 1. The largest absolute Gasteiger partial charge is 0.453 e. The topological polar surface area (TPSA) is 84.0 Å². The summed E-state index contributed by atoms with van der Waals surface area (Å²) >= 11 is 0. The van der Waals surface area contributed by atoms with Crippen molar-refractivity contribution in [2.45, 2.75) is 33.7 Å². The van der Waals surface area contributed by atoms with Crippen LogP contribution in [0.2, 0.25) is 0 Å². The number of hydrogen-bond donors (Lipinski definition) is 3. The predicted molar refractivity (Wildman–Crippen MR) is 106 cm³/mol. The summed E-state index contributed by atoms with van der Waals surface area (Å²) in [6.45, 7) is 10.0. The van der Waals surface area contributed by atoms with E-state index in [9.17, 15) is 4.79 Å². The van der Waals surface area contributed by atoms with Gasteiger partial charge in [0, 0.05) is 32.0 Å². The highest BCUT2D eigenvalue weighted by Crippen LogP contribution is 2.10. The Morgan fingerprint density at radius 1 is 1.19 bits per heavy atom. The predicted octanol–water partition coefficient (Wildman–Crippen LogP) is 2.98. The SMILES string of the molecule is CCNC(=NCc1ccc(NC(=O)OC)cc1)NCCCOCC(C)C. The summed E-state index contributed by atoms with van der Waals surface area (Å²) < 4.78 is 10.1. The van der Waals surface area contributed by atoms with Crippen LogP contribution in [0.3, 0.4) is 0 Å². The van der Waals surface area contributed by atoms with E-state index >= 15 is 0 Å². The molecule has 0 fully saturated rings. The van der Waals surface area contributed by atoms with Gasteiger partial charge in [-0.2, -0.15) is 0 Å². The van der Waals surface area contributed by atoms with Gasteiger partial charge in [-0.15, -0.1) is 0 Å². The number of ether oxygens (including phenoxy) is 2. The minimum atomic E-state index is -0.480. The first kappa shape index (κ1) is 21.8. The molecule has 7 heteroatoms. The lowest BCUT2D eigenvalue weighted by atomic mass is 10.2. The van der Waals surface area contributed by atoms with E-state index in [1.807, 2.05) is 31.2 Å². The Balaban J connectivity index is 2.41. The van der Waals surface area contributed by atoms with Gasteiger partial charge < -0.3 is 20.1 Å². The fourth-order valence-corrected chi connectivity index (χ4v) is 2.07. The Morgan fingerprint density at radius 2 is 1.92 bits per heavy atom. The van der Waals surface area contributed by atoms with E-state index in [2.05, 4.69) is 39.5 Å². The maximum atomic E-state index is 11.2. The first-order valence-electron chi connectivity index (χ1n) is 9.09. The molecule has 1 aromatic rings. The van der Waals surface area contributed by atoms with Crippen LogP contribution in [-0.2, 0) is 16.0 Å². The van der Waals surface area contributed by atoms with E-state index in [1.54, 1.807) is 0 Å². The van der Waals surface area contributed by atoms with E-state index in [0.717, 1.165) is 44.2 Å². The van der Waals surface area contributed by atoms with Gasteiger partial charge in [-0.25, -0.2) is 9.79 Å². The zero-order valence-electron chi connectivity index (χ0n) is 16.3. The van der Waals surface area contributed by atoms with Gasteiger partial charge in [-0.3, -0.25) is 5.32 Å². The number of hydrogen-bond acceptors (Lipinski definition) is 4. The molecule has 1 aromatic carbocycles. The van der Waals surface area contributed by atoms with Gasteiger partial charge in [0.25, 0.3) is 0 Å². The maximum Gasteiger partial charge on any atom is 0.411 e. The Labute approximate surface area is 156 Å². The van der Waals surface area contributed by atoms with Gasteiger partial charge in [-0.05, 0) is 37.0 Å². The molecule has 3 N–H and O–H groups in total. The van der Waals surface area contributed by atoms with Crippen molar-refractivity contribution in [3.05, 3.63) is 29.8 Å². The normalized spacial score (nSPS) is 11.3. The van der Waals surface area contributed by atoms with Crippen molar-refractivity contribution < 1.29 is 14.3 Å². The molecule has 7 nitrogen and oxygen atoms in total. The highest BCUT2D eigenvalue weighted by atomic mass is 16.5. The van der Waals surface area contributed by atoms with Crippen LogP contribution in [0.15, 0.2) is 29.3 Å². The van der Waals surface area contributed by atoms with E-state index in [-0.39, 0.29) is 0 Å². The number of rotatable bonds is 10. The first-order chi connectivity index (χ1) is 12.5. The van der Waals surface area contributed by atoms with Gasteiger partial charge in [0.2, 0.25) is 0 Å². The molecule has 0 aromatic heterocycles. The van der Waals surface area contributed by atoms with Crippen molar-refractivity contribution in [1.82, 2.24) is 10.6 Å². The number of methoxy groups -OCH3 is 1. The van der Waals surface area contributed by atoms with Crippen LogP contribution in [0.4, 0.5) is 10.5 Å². The molecule has 1 amide bonds. The van der Waals surface area contributed by atoms with Crippen LogP contribution in [0, 0.1) is 5.92 Å². The molecule has 0 bridgehead atoms. The fourth-order valence-electron chi connectivity index (χ4n) is 2.07. The number of amides is 1.